The lowest BCUT2D eigenvalue weighted by molar-refractivity contribution is -0.115. The first-order valence-electron chi connectivity index (χ1n) is 11.4. The highest BCUT2D eigenvalue weighted by Crippen LogP contribution is 2.21. The Labute approximate surface area is 198 Å². The first kappa shape index (κ1) is 24.6. The van der Waals surface area contributed by atoms with Crippen molar-refractivity contribution in [2.24, 2.45) is 0 Å². The number of amides is 1. The number of hydrogen-bond acceptors (Lipinski definition) is 6. The van der Waals surface area contributed by atoms with Crippen molar-refractivity contribution in [1.29, 1.82) is 0 Å². The molecule has 1 heterocycles. The molecule has 2 aromatic carbocycles. The van der Waals surface area contributed by atoms with E-state index in [9.17, 15) is 14.4 Å². The zero-order chi connectivity index (χ0) is 24.5. The summed E-state index contributed by atoms with van der Waals surface area (Å²) in [5.74, 6) is 0.428. The Bertz CT molecular complexity index is 1200. The van der Waals surface area contributed by atoms with Crippen LogP contribution in [0.25, 0.3) is 0 Å². The zero-order valence-corrected chi connectivity index (χ0v) is 19.5. The molecule has 0 radical (unpaired) electrons. The van der Waals surface area contributed by atoms with Gasteiger partial charge in [-0.15, -0.1) is 0 Å². The van der Waals surface area contributed by atoms with E-state index in [4.69, 9.17) is 10.5 Å². The van der Waals surface area contributed by atoms with Gasteiger partial charge in [0, 0.05) is 18.8 Å². The largest absolute Gasteiger partial charge is 0.494 e. The van der Waals surface area contributed by atoms with E-state index in [1.54, 1.807) is 29.2 Å². The van der Waals surface area contributed by atoms with Gasteiger partial charge in [-0.2, -0.15) is 0 Å². The molecular weight excluding hydrogens is 434 g/mol. The number of aromatic nitrogens is 2. The van der Waals surface area contributed by atoms with E-state index < -0.39 is 11.2 Å². The minimum Gasteiger partial charge on any atom is -0.494 e. The summed E-state index contributed by atoms with van der Waals surface area (Å²) in [7, 11) is 0. The maximum absolute atomic E-state index is 12.9. The van der Waals surface area contributed by atoms with Gasteiger partial charge in [0.05, 0.1) is 13.2 Å². The van der Waals surface area contributed by atoms with Crippen LogP contribution >= 0.6 is 0 Å². The van der Waals surface area contributed by atoms with E-state index in [0.717, 1.165) is 18.4 Å². The number of aromatic amines is 1. The smallest absolute Gasteiger partial charge is 0.330 e. The van der Waals surface area contributed by atoms with E-state index in [-0.39, 0.29) is 30.5 Å². The van der Waals surface area contributed by atoms with Gasteiger partial charge in [0.25, 0.3) is 5.56 Å². The van der Waals surface area contributed by atoms with Crippen LogP contribution < -0.4 is 31.9 Å². The molecule has 0 unspecified atom stereocenters. The van der Waals surface area contributed by atoms with Crippen LogP contribution in [0.5, 0.6) is 5.75 Å². The Morgan fingerprint density at radius 3 is 2.44 bits per heavy atom. The van der Waals surface area contributed by atoms with Crippen molar-refractivity contribution in [3.8, 4) is 5.75 Å². The van der Waals surface area contributed by atoms with Gasteiger partial charge >= 0.3 is 5.69 Å². The van der Waals surface area contributed by atoms with E-state index in [1.165, 1.54) is 4.57 Å². The van der Waals surface area contributed by atoms with Crippen LogP contribution in [0.2, 0.25) is 0 Å². The number of ether oxygens (including phenoxy) is 1. The fraction of sp³-hybridized carbons (Fsp3) is 0.320. The maximum atomic E-state index is 12.9. The first-order chi connectivity index (χ1) is 16.4. The number of nitrogen functional groups attached to an aromatic ring is 1. The van der Waals surface area contributed by atoms with Crippen molar-refractivity contribution in [2.75, 3.05) is 29.1 Å². The number of hydrogen-bond donors (Lipinski definition) is 3. The Morgan fingerprint density at radius 2 is 1.79 bits per heavy atom. The fourth-order valence-electron chi connectivity index (χ4n) is 3.61. The molecule has 4 N–H and O–H groups in total. The van der Waals surface area contributed by atoms with Crippen molar-refractivity contribution in [3.05, 3.63) is 81.0 Å². The molecule has 180 valence electrons. The summed E-state index contributed by atoms with van der Waals surface area (Å²) in [6.45, 7) is 4.95. The molecule has 0 aliphatic carbocycles. The van der Waals surface area contributed by atoms with Crippen LogP contribution in [-0.2, 0) is 17.9 Å². The lowest BCUT2D eigenvalue weighted by atomic mass is 10.2. The highest BCUT2D eigenvalue weighted by Gasteiger charge is 2.21. The minimum absolute atomic E-state index is 0.0481. The highest BCUT2D eigenvalue weighted by atomic mass is 16.5. The van der Waals surface area contributed by atoms with Gasteiger partial charge in [-0.3, -0.25) is 19.1 Å². The number of H-pyrrole nitrogens is 1. The van der Waals surface area contributed by atoms with Crippen molar-refractivity contribution < 1.29 is 9.53 Å². The molecule has 0 bridgehead atoms. The van der Waals surface area contributed by atoms with Crippen molar-refractivity contribution in [2.45, 2.75) is 39.8 Å². The Balaban J connectivity index is 1.91. The summed E-state index contributed by atoms with van der Waals surface area (Å²) < 4.78 is 6.78. The molecule has 9 heteroatoms. The molecule has 3 rings (SSSR count). The number of benzene rings is 2. The van der Waals surface area contributed by atoms with Crippen molar-refractivity contribution in [1.82, 2.24) is 9.55 Å². The molecule has 0 atom stereocenters. The quantitative estimate of drug-likeness (QED) is 0.400. The van der Waals surface area contributed by atoms with E-state index >= 15 is 0 Å². The van der Waals surface area contributed by atoms with Crippen LogP contribution in [0.15, 0.2) is 64.2 Å². The molecule has 3 aromatic rings. The maximum Gasteiger partial charge on any atom is 0.330 e. The monoisotopic (exact) mass is 465 g/mol. The lowest BCUT2D eigenvalue weighted by Gasteiger charge is -2.26. The molecule has 0 fully saturated rings. The third kappa shape index (κ3) is 6.28. The molecule has 0 aliphatic heterocycles. The zero-order valence-electron chi connectivity index (χ0n) is 19.5. The molecular formula is C25H31N5O4. The number of nitrogens with two attached hydrogens (primary N) is 1. The number of nitrogens with one attached hydrogen (secondary N) is 2. The van der Waals surface area contributed by atoms with Crippen molar-refractivity contribution in [3.63, 3.8) is 0 Å². The number of anilines is 3. The Kier molecular flexibility index (Phi) is 8.50. The molecule has 0 spiro atoms. The predicted octanol–water partition coefficient (Wildman–Crippen LogP) is 2.96. The van der Waals surface area contributed by atoms with Crippen LogP contribution in [-0.4, -0.2) is 28.6 Å². The second-order valence-corrected chi connectivity index (χ2v) is 7.85. The van der Waals surface area contributed by atoms with Crippen LogP contribution in [0.4, 0.5) is 17.2 Å². The number of nitrogens with zero attached hydrogens (tertiary/aromatic N) is 2. The summed E-state index contributed by atoms with van der Waals surface area (Å²) in [5.41, 5.74) is 6.72. The summed E-state index contributed by atoms with van der Waals surface area (Å²) in [5, 5.41) is 2.84. The molecule has 34 heavy (non-hydrogen) atoms. The average Bonchev–Trinajstić information content (AvgIpc) is 2.81. The predicted molar refractivity (Wildman–Crippen MR) is 134 cm³/mol. The van der Waals surface area contributed by atoms with Gasteiger partial charge in [0.2, 0.25) is 5.91 Å². The lowest BCUT2D eigenvalue weighted by Crippen LogP contribution is -2.41. The van der Waals surface area contributed by atoms with E-state index in [2.05, 4.69) is 10.3 Å². The van der Waals surface area contributed by atoms with Crippen LogP contribution in [0.1, 0.15) is 32.3 Å². The molecule has 0 saturated carbocycles. The van der Waals surface area contributed by atoms with Gasteiger partial charge in [-0.05, 0) is 43.2 Å². The third-order valence-electron chi connectivity index (χ3n) is 5.27. The second kappa shape index (κ2) is 11.7. The number of unbranched alkanes of at least 4 members (excludes halogenated alkanes) is 1. The van der Waals surface area contributed by atoms with E-state index in [0.29, 0.717) is 24.6 Å². The van der Waals surface area contributed by atoms with Gasteiger partial charge in [0.1, 0.15) is 17.3 Å². The van der Waals surface area contributed by atoms with E-state index in [1.807, 2.05) is 44.2 Å². The second-order valence-electron chi connectivity index (χ2n) is 7.85. The van der Waals surface area contributed by atoms with Crippen LogP contribution in [0, 0.1) is 0 Å². The molecule has 0 aliphatic rings. The topological polar surface area (TPSA) is 122 Å². The summed E-state index contributed by atoms with van der Waals surface area (Å²) in [4.78, 5) is 42.1. The van der Waals surface area contributed by atoms with Gasteiger partial charge in [-0.1, -0.05) is 43.7 Å². The Hall–Kier alpha value is -4.01. The van der Waals surface area contributed by atoms with Crippen molar-refractivity contribution >= 4 is 23.1 Å². The standard InChI is InChI=1S/C25H31N5O4/c1-3-5-15-30-23(26)22(24(32)28-25(30)33)29(16-18-9-7-6-8-10-18)17-21(31)27-19-11-13-20(14-12-19)34-4-2/h6-14H,3-5,15-17,26H2,1-2H3,(H,27,31)(H,28,32,33). The number of carbonyl (C=O) groups is 1. The minimum atomic E-state index is -0.625. The molecule has 1 aromatic heterocycles. The highest BCUT2D eigenvalue weighted by molar-refractivity contribution is 5.94. The Morgan fingerprint density at radius 1 is 1.09 bits per heavy atom. The molecule has 9 nitrogen and oxygen atoms in total. The fourth-order valence-corrected chi connectivity index (χ4v) is 3.61. The summed E-state index contributed by atoms with van der Waals surface area (Å²) >= 11 is 0. The van der Waals surface area contributed by atoms with Gasteiger partial charge < -0.3 is 20.7 Å². The summed E-state index contributed by atoms with van der Waals surface area (Å²) in [6.07, 6.45) is 1.59. The SMILES string of the molecule is CCCCn1c(N)c(N(CC(=O)Nc2ccc(OCC)cc2)Cc2ccccc2)c(=O)[nH]c1=O. The third-order valence-corrected chi connectivity index (χ3v) is 5.27. The van der Waals surface area contributed by atoms with Gasteiger partial charge in [0.15, 0.2) is 0 Å². The van der Waals surface area contributed by atoms with Gasteiger partial charge in [-0.25, -0.2) is 4.79 Å². The molecule has 0 saturated heterocycles. The first-order valence-corrected chi connectivity index (χ1v) is 11.4. The van der Waals surface area contributed by atoms with Crippen LogP contribution in [0.3, 0.4) is 0 Å². The summed E-state index contributed by atoms with van der Waals surface area (Å²) in [6, 6.07) is 16.5. The number of rotatable bonds is 11. The average molecular weight is 466 g/mol. The molecule has 1 amide bonds. The number of carbonyl (C=O) groups excluding carboxylic acids is 1. The normalized spacial score (nSPS) is 10.6.